The number of nitriles is 1. The van der Waals surface area contributed by atoms with Gasteiger partial charge in [0.1, 0.15) is 6.07 Å². The van der Waals surface area contributed by atoms with Crippen molar-refractivity contribution in [3.05, 3.63) is 35.4 Å². The molecule has 1 aromatic rings. The average molecular weight is 317 g/mol. The van der Waals surface area contributed by atoms with Gasteiger partial charge in [-0.1, -0.05) is 23.8 Å². The highest BCUT2D eigenvalue weighted by Crippen LogP contribution is 2.29. The SMILES string of the molecule is Cc1cccc(C(=O)C(Br)(Br)C#N)c1. The molecule has 0 radical (unpaired) electrons. The third-order valence-corrected chi connectivity index (χ3v) is 2.78. The van der Waals surface area contributed by atoms with Crippen LogP contribution in [0.2, 0.25) is 0 Å². The lowest BCUT2D eigenvalue weighted by Gasteiger charge is -2.09. The molecule has 14 heavy (non-hydrogen) atoms. The van der Waals surface area contributed by atoms with Crippen molar-refractivity contribution in [1.82, 2.24) is 0 Å². The minimum Gasteiger partial charge on any atom is -0.290 e. The van der Waals surface area contributed by atoms with Gasteiger partial charge in [0.15, 0.2) is 0 Å². The summed E-state index contributed by atoms with van der Waals surface area (Å²) < 4.78 is -1.31. The van der Waals surface area contributed by atoms with Crippen LogP contribution < -0.4 is 0 Å². The molecular formula is C10H7Br2NO. The van der Waals surface area contributed by atoms with Crippen molar-refractivity contribution in [2.45, 2.75) is 10.2 Å². The zero-order chi connectivity index (χ0) is 10.8. The standard InChI is InChI=1S/C10H7Br2NO/c1-7-3-2-4-8(5-7)9(14)10(11,12)6-13/h2-5H,1H3. The third-order valence-electron chi connectivity index (χ3n) is 1.71. The van der Waals surface area contributed by atoms with Crippen LogP contribution in [0.15, 0.2) is 24.3 Å². The molecule has 0 fully saturated rings. The van der Waals surface area contributed by atoms with Gasteiger partial charge in [0.2, 0.25) is 9.02 Å². The molecule has 1 rings (SSSR count). The maximum Gasteiger partial charge on any atom is 0.228 e. The van der Waals surface area contributed by atoms with Gasteiger partial charge in [-0.2, -0.15) is 5.26 Å². The average Bonchev–Trinajstić information content (AvgIpc) is 2.16. The molecule has 0 aliphatic carbocycles. The van der Waals surface area contributed by atoms with Crippen molar-refractivity contribution in [3.8, 4) is 6.07 Å². The maximum absolute atomic E-state index is 11.7. The Morgan fingerprint density at radius 2 is 2.14 bits per heavy atom. The fourth-order valence-corrected chi connectivity index (χ4v) is 1.48. The first-order valence-corrected chi connectivity index (χ1v) is 5.46. The van der Waals surface area contributed by atoms with Gasteiger partial charge in [-0.3, -0.25) is 4.79 Å². The molecule has 4 heteroatoms. The molecule has 0 aliphatic rings. The summed E-state index contributed by atoms with van der Waals surface area (Å²) in [6, 6.07) is 8.96. The first-order valence-electron chi connectivity index (χ1n) is 3.88. The van der Waals surface area contributed by atoms with E-state index in [1.807, 2.05) is 19.1 Å². The highest BCUT2D eigenvalue weighted by molar-refractivity contribution is 9.26. The Morgan fingerprint density at radius 3 is 2.64 bits per heavy atom. The van der Waals surface area contributed by atoms with Crippen molar-refractivity contribution in [2.24, 2.45) is 0 Å². The largest absolute Gasteiger partial charge is 0.290 e. The minimum atomic E-state index is -1.31. The van der Waals surface area contributed by atoms with Gasteiger partial charge in [-0.15, -0.1) is 0 Å². The lowest BCUT2D eigenvalue weighted by atomic mass is 10.1. The predicted molar refractivity (Wildman–Crippen MR) is 61.7 cm³/mol. The van der Waals surface area contributed by atoms with E-state index in [0.29, 0.717) is 5.56 Å². The van der Waals surface area contributed by atoms with Gasteiger partial charge in [-0.05, 0) is 44.8 Å². The van der Waals surface area contributed by atoms with Gasteiger partial charge in [0.25, 0.3) is 0 Å². The van der Waals surface area contributed by atoms with Gasteiger partial charge < -0.3 is 0 Å². The number of carbonyl (C=O) groups is 1. The highest BCUT2D eigenvalue weighted by Gasteiger charge is 2.32. The second-order valence-corrected chi connectivity index (χ2v) is 6.33. The topological polar surface area (TPSA) is 40.9 Å². The minimum absolute atomic E-state index is 0.288. The van der Waals surface area contributed by atoms with Crippen molar-refractivity contribution in [2.75, 3.05) is 0 Å². The number of alkyl halides is 2. The fourth-order valence-electron chi connectivity index (χ4n) is 1.02. The Balaban J connectivity index is 3.09. The molecule has 0 N–H and O–H groups in total. The third kappa shape index (κ3) is 2.43. The van der Waals surface area contributed by atoms with Gasteiger partial charge in [0, 0.05) is 5.56 Å². The number of ketones is 1. The van der Waals surface area contributed by atoms with E-state index in [1.54, 1.807) is 18.2 Å². The van der Waals surface area contributed by atoms with E-state index in [0.717, 1.165) is 5.56 Å². The summed E-state index contributed by atoms with van der Waals surface area (Å²) in [5.41, 5.74) is 1.50. The van der Waals surface area contributed by atoms with Crippen LogP contribution in [-0.2, 0) is 0 Å². The lowest BCUT2D eigenvalue weighted by molar-refractivity contribution is 0.0997. The fraction of sp³-hybridized carbons (Fsp3) is 0.200. The van der Waals surface area contributed by atoms with E-state index in [9.17, 15) is 4.79 Å². The molecule has 0 saturated heterocycles. The summed E-state index contributed by atoms with van der Waals surface area (Å²) >= 11 is 6.03. The van der Waals surface area contributed by atoms with Gasteiger partial charge >= 0.3 is 0 Å². The van der Waals surface area contributed by atoms with Crippen LogP contribution in [0.5, 0.6) is 0 Å². The van der Waals surface area contributed by atoms with Crippen molar-refractivity contribution in [3.63, 3.8) is 0 Å². The van der Waals surface area contributed by atoms with E-state index in [4.69, 9.17) is 5.26 Å². The normalized spacial score (nSPS) is 10.7. The molecule has 0 aliphatic heterocycles. The molecule has 0 amide bonds. The number of benzene rings is 1. The summed E-state index contributed by atoms with van der Waals surface area (Å²) in [5, 5.41) is 8.73. The molecule has 0 unspecified atom stereocenters. The number of rotatable bonds is 2. The predicted octanol–water partition coefficient (Wildman–Crippen LogP) is 3.19. The van der Waals surface area contributed by atoms with Gasteiger partial charge in [0.05, 0.1) is 0 Å². The van der Waals surface area contributed by atoms with E-state index < -0.39 is 3.23 Å². The molecule has 0 atom stereocenters. The van der Waals surface area contributed by atoms with Crippen LogP contribution in [0.1, 0.15) is 15.9 Å². The lowest BCUT2D eigenvalue weighted by Crippen LogP contribution is -2.22. The Morgan fingerprint density at radius 1 is 1.50 bits per heavy atom. The zero-order valence-electron chi connectivity index (χ0n) is 7.42. The van der Waals surface area contributed by atoms with Crippen LogP contribution in [0.4, 0.5) is 0 Å². The Labute approximate surface area is 99.2 Å². The Bertz CT molecular complexity index is 407. The van der Waals surface area contributed by atoms with E-state index >= 15 is 0 Å². The molecule has 0 aromatic heterocycles. The van der Waals surface area contributed by atoms with Crippen LogP contribution in [0, 0.1) is 18.3 Å². The first-order chi connectivity index (χ1) is 6.47. The molecule has 0 bridgehead atoms. The summed E-state index contributed by atoms with van der Waals surface area (Å²) in [4.78, 5) is 11.7. The summed E-state index contributed by atoms with van der Waals surface area (Å²) in [5.74, 6) is -0.288. The molecule has 0 saturated carbocycles. The molecule has 72 valence electrons. The second-order valence-electron chi connectivity index (χ2n) is 2.88. The monoisotopic (exact) mass is 315 g/mol. The number of Topliss-reactive ketones (excluding diaryl/α,β-unsaturated/α-hetero) is 1. The van der Waals surface area contributed by atoms with E-state index in [-0.39, 0.29) is 5.78 Å². The first kappa shape index (κ1) is 11.4. The molecule has 2 nitrogen and oxygen atoms in total. The van der Waals surface area contributed by atoms with E-state index in [2.05, 4.69) is 31.9 Å². The van der Waals surface area contributed by atoms with Crippen LogP contribution in [0.25, 0.3) is 0 Å². The van der Waals surface area contributed by atoms with Crippen LogP contribution in [0.3, 0.4) is 0 Å². The molecular weight excluding hydrogens is 310 g/mol. The molecule has 1 aromatic carbocycles. The number of halogens is 2. The second kappa shape index (κ2) is 4.24. The summed E-state index contributed by atoms with van der Waals surface area (Å²) in [7, 11) is 0. The smallest absolute Gasteiger partial charge is 0.228 e. The molecule has 0 heterocycles. The summed E-state index contributed by atoms with van der Waals surface area (Å²) in [6.07, 6.45) is 0. The van der Waals surface area contributed by atoms with Crippen molar-refractivity contribution >= 4 is 37.6 Å². The van der Waals surface area contributed by atoms with Crippen molar-refractivity contribution in [1.29, 1.82) is 5.26 Å². The summed E-state index contributed by atoms with van der Waals surface area (Å²) in [6.45, 7) is 1.90. The van der Waals surface area contributed by atoms with E-state index in [1.165, 1.54) is 0 Å². The van der Waals surface area contributed by atoms with Crippen molar-refractivity contribution < 1.29 is 4.79 Å². The Kier molecular flexibility index (Phi) is 3.46. The van der Waals surface area contributed by atoms with Crippen LogP contribution in [-0.4, -0.2) is 9.02 Å². The van der Waals surface area contributed by atoms with Gasteiger partial charge in [-0.25, -0.2) is 0 Å². The zero-order valence-corrected chi connectivity index (χ0v) is 10.6. The number of carbonyl (C=O) groups excluding carboxylic acids is 1. The number of hydrogen-bond acceptors (Lipinski definition) is 2. The van der Waals surface area contributed by atoms with Crippen LogP contribution >= 0.6 is 31.9 Å². The maximum atomic E-state index is 11.7. The highest BCUT2D eigenvalue weighted by atomic mass is 79.9. The number of nitrogens with zero attached hydrogens (tertiary/aromatic N) is 1. The quantitative estimate of drug-likeness (QED) is 0.621. The number of hydrogen-bond donors (Lipinski definition) is 0. The molecule has 0 spiro atoms. The Hall–Kier alpha value is -0.660. The number of aryl methyl sites for hydroxylation is 1.